The molecular formula is C32H41NO8. The van der Waals surface area contributed by atoms with Crippen LogP contribution in [-0.4, -0.2) is 67.7 Å². The van der Waals surface area contributed by atoms with Gasteiger partial charge in [0, 0.05) is 12.1 Å². The maximum Gasteiger partial charge on any atom is 0.421 e. The lowest BCUT2D eigenvalue weighted by atomic mass is 9.83. The third kappa shape index (κ3) is 7.86. The normalized spacial score (nSPS) is 18.9. The fourth-order valence-corrected chi connectivity index (χ4v) is 6.08. The van der Waals surface area contributed by atoms with Crippen LogP contribution in [0.5, 0.6) is 11.5 Å². The van der Waals surface area contributed by atoms with Gasteiger partial charge in [-0.05, 0) is 92.8 Å². The van der Waals surface area contributed by atoms with Crippen LogP contribution in [0.1, 0.15) is 78.8 Å². The smallest absolute Gasteiger partial charge is 0.421 e. The molecule has 9 nitrogen and oxygen atoms in total. The fraction of sp³-hybridized carbons (Fsp3) is 0.531. The van der Waals surface area contributed by atoms with Crippen LogP contribution >= 0.6 is 0 Å². The number of cyclic esters (lactones) is 2. The fourth-order valence-electron chi connectivity index (χ4n) is 6.08. The van der Waals surface area contributed by atoms with E-state index in [1.54, 1.807) is 6.07 Å². The van der Waals surface area contributed by atoms with Gasteiger partial charge in [0.15, 0.2) is 11.5 Å². The molecule has 0 unspecified atom stereocenters. The first-order chi connectivity index (χ1) is 19.5. The number of piperidine rings is 1. The van der Waals surface area contributed by atoms with Crippen molar-refractivity contribution in [1.82, 2.24) is 4.90 Å². The van der Waals surface area contributed by atoms with Crippen molar-refractivity contribution in [2.75, 3.05) is 33.4 Å². The van der Waals surface area contributed by atoms with Crippen molar-refractivity contribution in [3.8, 4) is 11.5 Å². The van der Waals surface area contributed by atoms with Gasteiger partial charge in [0.2, 0.25) is 5.78 Å². The molecule has 0 amide bonds. The second kappa shape index (κ2) is 14.5. The third-order valence-corrected chi connectivity index (χ3v) is 8.42. The molecule has 3 fully saturated rings. The lowest BCUT2D eigenvalue weighted by molar-refractivity contribution is -0.150. The van der Waals surface area contributed by atoms with Crippen molar-refractivity contribution in [1.29, 1.82) is 0 Å². The predicted octanol–water partition coefficient (Wildman–Crippen LogP) is 4.25. The molecule has 2 aromatic carbocycles. The van der Waals surface area contributed by atoms with E-state index >= 15 is 0 Å². The second-order valence-corrected chi connectivity index (χ2v) is 11.1. The maximum absolute atomic E-state index is 12.5. The van der Waals surface area contributed by atoms with Gasteiger partial charge < -0.3 is 29.3 Å². The first-order valence-corrected chi connectivity index (χ1v) is 14.6. The molecule has 3 aliphatic rings. The van der Waals surface area contributed by atoms with Crippen LogP contribution in [0.2, 0.25) is 0 Å². The number of methoxy groups -OCH3 is 1. The van der Waals surface area contributed by atoms with Crippen LogP contribution in [0.3, 0.4) is 0 Å². The van der Waals surface area contributed by atoms with E-state index in [0.29, 0.717) is 18.1 Å². The average molecular weight is 568 g/mol. The SMILES string of the molecule is COc1cc(C(=O)C2OC(=O)C(=O)O2)ccc1OCCCN1CCC(Cc2ccc(C3CCCCC3)cc2)CC1.O. The molecule has 5 rings (SSSR count). The molecule has 2 heterocycles. The van der Waals surface area contributed by atoms with Crippen molar-refractivity contribution >= 4 is 17.7 Å². The minimum Gasteiger partial charge on any atom is -0.493 e. The Balaban J connectivity index is 0.00000387. The number of esters is 2. The minimum absolute atomic E-state index is 0. The molecule has 2 aliphatic heterocycles. The van der Waals surface area contributed by atoms with E-state index in [-0.39, 0.29) is 11.0 Å². The zero-order valence-electron chi connectivity index (χ0n) is 23.8. The maximum atomic E-state index is 12.5. The summed E-state index contributed by atoms with van der Waals surface area (Å²) < 4.78 is 20.6. The summed E-state index contributed by atoms with van der Waals surface area (Å²) in [6, 6.07) is 14.1. The zero-order chi connectivity index (χ0) is 27.9. The monoisotopic (exact) mass is 567 g/mol. The Morgan fingerprint density at radius 3 is 2.24 bits per heavy atom. The molecule has 222 valence electrons. The molecule has 0 aromatic heterocycles. The quantitative estimate of drug-likeness (QED) is 0.171. The summed E-state index contributed by atoms with van der Waals surface area (Å²) in [6.07, 6.45) is 9.79. The number of likely N-dealkylation sites (tertiary alicyclic amines) is 1. The van der Waals surface area contributed by atoms with Crippen LogP contribution in [0.4, 0.5) is 0 Å². The van der Waals surface area contributed by atoms with Crippen molar-refractivity contribution in [2.24, 2.45) is 5.92 Å². The molecule has 2 aromatic rings. The number of hydrogen-bond donors (Lipinski definition) is 0. The van der Waals surface area contributed by atoms with Gasteiger partial charge in [-0.1, -0.05) is 43.5 Å². The van der Waals surface area contributed by atoms with Crippen LogP contribution in [0.25, 0.3) is 0 Å². The van der Waals surface area contributed by atoms with Gasteiger partial charge in [-0.3, -0.25) is 4.79 Å². The third-order valence-electron chi connectivity index (χ3n) is 8.42. The Kier molecular flexibility index (Phi) is 10.8. The molecule has 0 radical (unpaired) electrons. The number of hydrogen-bond acceptors (Lipinski definition) is 8. The average Bonchev–Trinajstić information content (AvgIpc) is 3.34. The lowest BCUT2D eigenvalue weighted by Crippen LogP contribution is -2.35. The van der Waals surface area contributed by atoms with E-state index in [1.807, 2.05) is 0 Å². The van der Waals surface area contributed by atoms with Crippen LogP contribution < -0.4 is 9.47 Å². The number of ether oxygens (including phenoxy) is 4. The molecule has 1 aliphatic carbocycles. The molecular weight excluding hydrogens is 526 g/mol. The highest BCUT2D eigenvalue weighted by molar-refractivity contribution is 6.32. The highest BCUT2D eigenvalue weighted by Gasteiger charge is 2.39. The van der Waals surface area contributed by atoms with E-state index in [0.717, 1.165) is 37.9 Å². The first-order valence-electron chi connectivity index (χ1n) is 14.6. The highest BCUT2D eigenvalue weighted by atomic mass is 16.8. The number of carbonyl (C=O) groups excluding carboxylic acids is 3. The number of Topliss-reactive ketones (excluding diaryl/α,β-unsaturated/α-hetero) is 1. The van der Waals surface area contributed by atoms with Crippen molar-refractivity contribution in [3.05, 3.63) is 59.2 Å². The van der Waals surface area contributed by atoms with E-state index in [2.05, 4.69) is 38.6 Å². The highest BCUT2D eigenvalue weighted by Crippen LogP contribution is 2.33. The predicted molar refractivity (Wildman–Crippen MR) is 152 cm³/mol. The van der Waals surface area contributed by atoms with Crippen LogP contribution in [0.15, 0.2) is 42.5 Å². The number of ketones is 1. The Morgan fingerprint density at radius 1 is 0.902 bits per heavy atom. The van der Waals surface area contributed by atoms with Crippen molar-refractivity contribution < 1.29 is 38.8 Å². The van der Waals surface area contributed by atoms with Crippen molar-refractivity contribution in [2.45, 2.75) is 70.0 Å². The molecule has 0 spiro atoms. The standard InChI is InChI=1S/C32H39NO7.H2O/c1-37-28-21-26(29(34)32-39-30(35)31(36)40-32)12-13-27(28)38-19-5-16-33-17-14-23(15-18-33)20-22-8-10-25(11-9-22)24-6-3-2-4-7-24;/h8-13,21,23-24,32H,2-7,14-20H2,1H3;1H2. The van der Waals surface area contributed by atoms with Gasteiger partial charge >= 0.3 is 18.2 Å². The minimum atomic E-state index is -1.56. The van der Waals surface area contributed by atoms with E-state index in [1.165, 1.54) is 81.7 Å². The van der Waals surface area contributed by atoms with Gasteiger partial charge in [-0.15, -0.1) is 0 Å². The molecule has 9 heteroatoms. The van der Waals surface area contributed by atoms with Gasteiger partial charge in [-0.25, -0.2) is 9.59 Å². The Hall–Kier alpha value is -3.43. The summed E-state index contributed by atoms with van der Waals surface area (Å²) in [5.41, 5.74) is 3.20. The van der Waals surface area contributed by atoms with Gasteiger partial charge in [-0.2, -0.15) is 0 Å². The summed E-state index contributed by atoms with van der Waals surface area (Å²) in [4.78, 5) is 37.4. The number of benzene rings is 2. The van der Waals surface area contributed by atoms with E-state index in [9.17, 15) is 14.4 Å². The zero-order valence-corrected chi connectivity index (χ0v) is 23.8. The van der Waals surface area contributed by atoms with Gasteiger partial charge in [0.05, 0.1) is 13.7 Å². The van der Waals surface area contributed by atoms with Gasteiger partial charge in [0.1, 0.15) is 0 Å². The topological polar surface area (TPSA) is 123 Å². The van der Waals surface area contributed by atoms with E-state index in [4.69, 9.17) is 9.47 Å². The lowest BCUT2D eigenvalue weighted by Gasteiger charge is -2.32. The molecule has 41 heavy (non-hydrogen) atoms. The molecule has 2 saturated heterocycles. The summed E-state index contributed by atoms with van der Waals surface area (Å²) in [6.45, 7) is 3.72. The summed E-state index contributed by atoms with van der Waals surface area (Å²) >= 11 is 0. The molecule has 0 atom stereocenters. The Morgan fingerprint density at radius 2 is 1.59 bits per heavy atom. The Labute approximate surface area is 241 Å². The number of nitrogens with zero attached hydrogens (tertiary/aromatic N) is 1. The summed E-state index contributed by atoms with van der Waals surface area (Å²) in [5.74, 6) is -0.560. The summed E-state index contributed by atoms with van der Waals surface area (Å²) in [5, 5.41) is 0. The van der Waals surface area contributed by atoms with Crippen LogP contribution in [0, 0.1) is 5.92 Å². The Bertz CT molecular complexity index is 1170. The summed E-state index contributed by atoms with van der Waals surface area (Å²) in [7, 11) is 1.49. The van der Waals surface area contributed by atoms with Crippen LogP contribution in [-0.2, 0) is 25.5 Å². The van der Waals surface area contributed by atoms with E-state index < -0.39 is 24.0 Å². The molecule has 2 N–H and O–H groups in total. The number of rotatable bonds is 11. The number of carbonyl (C=O) groups is 3. The second-order valence-electron chi connectivity index (χ2n) is 11.1. The largest absolute Gasteiger partial charge is 0.493 e. The van der Waals surface area contributed by atoms with Crippen molar-refractivity contribution in [3.63, 3.8) is 0 Å². The molecule has 0 bridgehead atoms. The van der Waals surface area contributed by atoms with Gasteiger partial charge in [0.25, 0.3) is 0 Å². The molecule has 1 saturated carbocycles. The first kappa shape index (κ1) is 30.5.